The fraction of sp³-hybridized carbons (Fsp3) is 0.364. The average molecular weight is 192 g/mol. The van der Waals surface area contributed by atoms with Crippen LogP contribution < -0.4 is 0 Å². The molecule has 68 valence electrons. The van der Waals surface area contributed by atoms with E-state index in [1.54, 1.807) is 0 Å². The lowest BCUT2D eigenvalue weighted by Gasteiger charge is -2.30. The molecule has 1 aromatic carbocycles. The zero-order chi connectivity index (χ0) is 9.47. The van der Waals surface area contributed by atoms with Crippen molar-refractivity contribution in [1.29, 1.82) is 0 Å². The molecule has 0 fully saturated rings. The van der Waals surface area contributed by atoms with Crippen molar-refractivity contribution in [3.05, 3.63) is 35.4 Å². The van der Waals surface area contributed by atoms with E-state index in [1.807, 2.05) is 12.1 Å². The van der Waals surface area contributed by atoms with Crippen molar-refractivity contribution >= 4 is 16.9 Å². The smallest absolute Gasteiger partial charge is 0.194 e. The highest BCUT2D eigenvalue weighted by molar-refractivity contribution is 8.14. The Bertz CT molecular complexity index is 355. The largest absolute Gasteiger partial charge is 0.287 e. The van der Waals surface area contributed by atoms with Crippen molar-refractivity contribution in [1.82, 2.24) is 0 Å². The molecule has 2 heteroatoms. The number of hydrogen-bond acceptors (Lipinski definition) is 2. The van der Waals surface area contributed by atoms with Gasteiger partial charge in [0.05, 0.1) is 0 Å². The van der Waals surface area contributed by atoms with E-state index in [1.165, 1.54) is 22.9 Å². The Morgan fingerprint density at radius 1 is 1.31 bits per heavy atom. The summed E-state index contributed by atoms with van der Waals surface area (Å²) in [7, 11) is 0. The van der Waals surface area contributed by atoms with Gasteiger partial charge in [-0.1, -0.05) is 36.0 Å². The molecular weight excluding hydrogens is 180 g/mol. The van der Waals surface area contributed by atoms with Gasteiger partial charge >= 0.3 is 0 Å². The maximum Gasteiger partial charge on any atom is 0.194 e. The van der Waals surface area contributed by atoms with Gasteiger partial charge in [0.15, 0.2) is 5.12 Å². The number of thioether (sulfide) groups is 1. The molecule has 0 radical (unpaired) electrons. The summed E-state index contributed by atoms with van der Waals surface area (Å²) in [6.07, 6.45) is 0.588. The molecule has 0 N–H and O–H groups in total. The SMILES string of the molecule is CC1(C)SC(=O)Cc2ccccc21. The van der Waals surface area contributed by atoms with Gasteiger partial charge in [0, 0.05) is 11.2 Å². The zero-order valence-electron chi connectivity index (χ0n) is 7.83. The van der Waals surface area contributed by atoms with E-state index in [4.69, 9.17) is 0 Å². The van der Waals surface area contributed by atoms with Gasteiger partial charge in [0.2, 0.25) is 0 Å². The lowest BCUT2D eigenvalue weighted by molar-refractivity contribution is -0.110. The lowest BCUT2D eigenvalue weighted by atomic mass is 9.94. The molecule has 0 bridgehead atoms. The molecule has 0 saturated carbocycles. The first-order valence-electron chi connectivity index (χ1n) is 4.40. The molecule has 0 saturated heterocycles. The summed E-state index contributed by atoms with van der Waals surface area (Å²) in [5.41, 5.74) is 2.50. The standard InChI is InChI=1S/C11H12OS/c1-11(2)9-6-4-3-5-8(9)7-10(12)13-11/h3-6H,7H2,1-2H3. The van der Waals surface area contributed by atoms with Crippen LogP contribution in [0.5, 0.6) is 0 Å². The molecule has 0 spiro atoms. The average Bonchev–Trinajstić information content (AvgIpc) is 2.02. The summed E-state index contributed by atoms with van der Waals surface area (Å²) in [5.74, 6) is 0. The minimum Gasteiger partial charge on any atom is -0.287 e. The molecule has 2 rings (SSSR count). The molecule has 0 aliphatic carbocycles. The molecule has 1 heterocycles. The van der Waals surface area contributed by atoms with Gasteiger partial charge < -0.3 is 0 Å². The van der Waals surface area contributed by atoms with Crippen LogP contribution in [0, 0.1) is 0 Å². The third-order valence-corrected chi connectivity index (χ3v) is 3.47. The van der Waals surface area contributed by atoms with E-state index >= 15 is 0 Å². The van der Waals surface area contributed by atoms with Gasteiger partial charge in [-0.05, 0) is 25.0 Å². The van der Waals surface area contributed by atoms with E-state index in [-0.39, 0.29) is 9.86 Å². The normalized spacial score (nSPS) is 19.7. The van der Waals surface area contributed by atoms with Crippen LogP contribution in [0.15, 0.2) is 24.3 Å². The van der Waals surface area contributed by atoms with Crippen molar-refractivity contribution in [2.24, 2.45) is 0 Å². The van der Waals surface area contributed by atoms with E-state index in [2.05, 4.69) is 26.0 Å². The molecule has 0 amide bonds. The van der Waals surface area contributed by atoms with Crippen LogP contribution in [-0.2, 0) is 16.0 Å². The van der Waals surface area contributed by atoms with Crippen LogP contribution >= 0.6 is 11.8 Å². The van der Waals surface area contributed by atoms with Crippen LogP contribution in [0.4, 0.5) is 0 Å². The molecule has 1 aliphatic rings. The van der Waals surface area contributed by atoms with Crippen LogP contribution in [0.3, 0.4) is 0 Å². The van der Waals surface area contributed by atoms with Gasteiger partial charge in [0.1, 0.15) is 0 Å². The molecule has 0 unspecified atom stereocenters. The lowest BCUT2D eigenvalue weighted by Crippen LogP contribution is -2.23. The second-order valence-corrected chi connectivity index (χ2v) is 5.50. The zero-order valence-corrected chi connectivity index (χ0v) is 8.65. The molecule has 1 nitrogen and oxygen atoms in total. The molecule has 13 heavy (non-hydrogen) atoms. The van der Waals surface area contributed by atoms with Crippen LogP contribution in [0.1, 0.15) is 25.0 Å². The van der Waals surface area contributed by atoms with E-state index < -0.39 is 0 Å². The minimum atomic E-state index is -0.0497. The van der Waals surface area contributed by atoms with Crippen molar-refractivity contribution in [2.75, 3.05) is 0 Å². The monoisotopic (exact) mass is 192 g/mol. The predicted octanol–water partition coefficient (Wildman–Crippen LogP) is 2.74. The molecule has 0 atom stereocenters. The summed E-state index contributed by atoms with van der Waals surface area (Å²) in [5, 5.41) is 0.281. The van der Waals surface area contributed by atoms with E-state index in [9.17, 15) is 4.79 Å². The Kier molecular flexibility index (Phi) is 1.95. The second-order valence-electron chi connectivity index (χ2n) is 3.82. The first-order valence-corrected chi connectivity index (χ1v) is 5.21. The van der Waals surface area contributed by atoms with Gasteiger partial charge in [-0.15, -0.1) is 0 Å². The maximum absolute atomic E-state index is 11.4. The Labute approximate surface area is 82.5 Å². The number of hydrogen-bond donors (Lipinski definition) is 0. The third kappa shape index (κ3) is 1.51. The Hall–Kier alpha value is -0.760. The molecular formula is C11H12OS. The Morgan fingerprint density at radius 2 is 2.00 bits per heavy atom. The highest BCUT2D eigenvalue weighted by atomic mass is 32.2. The third-order valence-electron chi connectivity index (χ3n) is 2.37. The summed E-state index contributed by atoms with van der Waals surface area (Å²) in [4.78, 5) is 11.4. The van der Waals surface area contributed by atoms with Gasteiger partial charge in [-0.25, -0.2) is 0 Å². The Morgan fingerprint density at radius 3 is 2.77 bits per heavy atom. The van der Waals surface area contributed by atoms with Crippen molar-refractivity contribution in [2.45, 2.75) is 25.0 Å². The quantitative estimate of drug-likeness (QED) is 0.628. The molecule has 1 aromatic rings. The number of fused-ring (bicyclic) bond motifs is 1. The number of carbonyl (C=O) groups is 1. The summed E-state index contributed by atoms with van der Waals surface area (Å²) in [6, 6.07) is 8.21. The predicted molar refractivity (Wildman–Crippen MR) is 55.8 cm³/mol. The summed E-state index contributed by atoms with van der Waals surface area (Å²) >= 11 is 1.45. The van der Waals surface area contributed by atoms with Gasteiger partial charge in [-0.2, -0.15) is 0 Å². The second kappa shape index (κ2) is 2.88. The summed E-state index contributed by atoms with van der Waals surface area (Å²) < 4.78 is -0.0497. The van der Waals surface area contributed by atoms with Crippen LogP contribution in [-0.4, -0.2) is 5.12 Å². The fourth-order valence-electron chi connectivity index (χ4n) is 1.79. The first kappa shape index (κ1) is 8.82. The maximum atomic E-state index is 11.4. The molecule has 0 aromatic heterocycles. The minimum absolute atomic E-state index is 0.0497. The van der Waals surface area contributed by atoms with Crippen LogP contribution in [0.25, 0.3) is 0 Å². The van der Waals surface area contributed by atoms with Crippen molar-refractivity contribution < 1.29 is 4.79 Å². The van der Waals surface area contributed by atoms with E-state index in [0.29, 0.717) is 6.42 Å². The fourth-order valence-corrected chi connectivity index (χ4v) is 2.90. The highest BCUT2D eigenvalue weighted by Gasteiger charge is 2.31. The van der Waals surface area contributed by atoms with Crippen molar-refractivity contribution in [3.63, 3.8) is 0 Å². The number of carbonyl (C=O) groups excluding carboxylic acids is 1. The van der Waals surface area contributed by atoms with Gasteiger partial charge in [0.25, 0.3) is 0 Å². The topological polar surface area (TPSA) is 17.1 Å². The Balaban J connectivity index is 2.56. The number of rotatable bonds is 0. The van der Waals surface area contributed by atoms with E-state index in [0.717, 1.165) is 0 Å². The number of benzene rings is 1. The van der Waals surface area contributed by atoms with Gasteiger partial charge in [-0.3, -0.25) is 4.79 Å². The van der Waals surface area contributed by atoms with Crippen LogP contribution in [0.2, 0.25) is 0 Å². The van der Waals surface area contributed by atoms with Crippen molar-refractivity contribution in [3.8, 4) is 0 Å². The summed E-state index contributed by atoms with van der Waals surface area (Å²) in [6.45, 7) is 4.21. The molecule has 1 aliphatic heterocycles. The highest BCUT2D eigenvalue weighted by Crippen LogP contribution is 2.42. The first-order chi connectivity index (χ1) is 6.09.